The number of hydrogen-bond acceptors (Lipinski definition) is 6. The second-order valence-electron chi connectivity index (χ2n) is 7.21. The number of H-pyrrole nitrogens is 1. The minimum atomic E-state index is -3.86. The first kappa shape index (κ1) is 19.3. The fraction of sp³-hybridized carbons (Fsp3) is 0.136. The number of aromatic amines is 1. The third-order valence-corrected chi connectivity index (χ3v) is 6.20. The summed E-state index contributed by atoms with van der Waals surface area (Å²) in [6, 6.07) is 18.9. The van der Waals surface area contributed by atoms with Crippen molar-refractivity contribution in [1.82, 2.24) is 20.2 Å². The van der Waals surface area contributed by atoms with Crippen LogP contribution in [0, 0.1) is 0 Å². The second-order valence-corrected chi connectivity index (χ2v) is 8.89. The number of anilines is 1. The van der Waals surface area contributed by atoms with Gasteiger partial charge < -0.3 is 4.74 Å². The van der Waals surface area contributed by atoms with E-state index in [2.05, 4.69) is 24.9 Å². The Bertz CT molecular complexity index is 1300. The zero-order chi connectivity index (χ0) is 21.3. The summed E-state index contributed by atoms with van der Waals surface area (Å²) in [4.78, 5) is 8.86. The SMILES string of the molecule is O=S(=O)(Nc1nc(Oc2ccccc2)cc(-c2c[nH]nc2C2CC2)n1)c1ccccc1. The average molecular weight is 433 g/mol. The third kappa shape index (κ3) is 4.26. The second kappa shape index (κ2) is 7.84. The molecule has 0 spiro atoms. The summed E-state index contributed by atoms with van der Waals surface area (Å²) in [5, 5.41) is 7.25. The van der Waals surface area contributed by atoms with Crippen LogP contribution in [0.25, 0.3) is 11.3 Å². The maximum atomic E-state index is 12.8. The lowest BCUT2D eigenvalue weighted by Gasteiger charge is -2.11. The molecule has 5 rings (SSSR count). The van der Waals surface area contributed by atoms with Crippen molar-refractivity contribution in [2.45, 2.75) is 23.7 Å². The smallest absolute Gasteiger partial charge is 0.264 e. The van der Waals surface area contributed by atoms with E-state index in [1.807, 2.05) is 18.2 Å². The van der Waals surface area contributed by atoms with Gasteiger partial charge in [-0.15, -0.1) is 0 Å². The molecule has 1 aliphatic rings. The van der Waals surface area contributed by atoms with Crippen LogP contribution in [0.1, 0.15) is 24.5 Å². The zero-order valence-electron chi connectivity index (χ0n) is 16.4. The molecule has 2 N–H and O–H groups in total. The van der Waals surface area contributed by atoms with Gasteiger partial charge in [-0.2, -0.15) is 10.1 Å². The van der Waals surface area contributed by atoms with Crippen LogP contribution in [0.2, 0.25) is 0 Å². The molecule has 31 heavy (non-hydrogen) atoms. The minimum Gasteiger partial charge on any atom is -0.439 e. The van der Waals surface area contributed by atoms with Crippen LogP contribution in [-0.2, 0) is 10.0 Å². The predicted octanol–water partition coefficient (Wildman–Crippen LogP) is 4.34. The lowest BCUT2D eigenvalue weighted by Crippen LogP contribution is -2.15. The van der Waals surface area contributed by atoms with Gasteiger partial charge in [0.2, 0.25) is 11.8 Å². The van der Waals surface area contributed by atoms with E-state index in [4.69, 9.17) is 4.74 Å². The Morgan fingerprint density at radius 2 is 1.68 bits per heavy atom. The molecule has 1 aliphatic carbocycles. The first-order valence-corrected chi connectivity index (χ1v) is 11.3. The zero-order valence-corrected chi connectivity index (χ0v) is 17.2. The van der Waals surface area contributed by atoms with E-state index in [0.717, 1.165) is 24.1 Å². The van der Waals surface area contributed by atoms with Gasteiger partial charge >= 0.3 is 0 Å². The van der Waals surface area contributed by atoms with Gasteiger partial charge in [-0.25, -0.2) is 18.1 Å². The standard InChI is InChI=1S/C22H19N5O3S/c28-31(29,17-9-5-2-6-10-17)27-22-24-19(18-14-23-26-21(18)15-11-12-15)13-20(25-22)30-16-7-3-1-4-8-16/h1-10,13-15H,11-12H2,(H,23,26)(H,24,25,27). The van der Waals surface area contributed by atoms with E-state index < -0.39 is 10.0 Å². The Hall–Kier alpha value is -3.72. The number of hydrogen-bond donors (Lipinski definition) is 2. The van der Waals surface area contributed by atoms with E-state index in [9.17, 15) is 8.42 Å². The van der Waals surface area contributed by atoms with Crippen molar-refractivity contribution < 1.29 is 13.2 Å². The Balaban J connectivity index is 1.55. The van der Waals surface area contributed by atoms with Crippen molar-refractivity contribution >= 4 is 16.0 Å². The lowest BCUT2D eigenvalue weighted by molar-refractivity contribution is 0.463. The molecule has 0 saturated heterocycles. The Kier molecular flexibility index (Phi) is 4.87. The number of nitrogens with zero attached hydrogens (tertiary/aromatic N) is 3. The normalized spacial score (nSPS) is 13.7. The Morgan fingerprint density at radius 1 is 0.968 bits per heavy atom. The van der Waals surface area contributed by atoms with Gasteiger partial charge in [-0.05, 0) is 37.1 Å². The summed E-state index contributed by atoms with van der Waals surface area (Å²) in [7, 11) is -3.86. The molecule has 8 nitrogen and oxygen atoms in total. The van der Waals surface area contributed by atoms with Crippen LogP contribution in [0.3, 0.4) is 0 Å². The first-order chi connectivity index (χ1) is 15.1. The molecule has 156 valence electrons. The fourth-order valence-electron chi connectivity index (χ4n) is 3.22. The van der Waals surface area contributed by atoms with Gasteiger partial charge in [0.1, 0.15) is 5.75 Å². The highest BCUT2D eigenvalue weighted by atomic mass is 32.2. The molecule has 9 heteroatoms. The predicted molar refractivity (Wildman–Crippen MR) is 115 cm³/mol. The highest BCUT2D eigenvalue weighted by Gasteiger charge is 2.30. The van der Waals surface area contributed by atoms with E-state index >= 15 is 0 Å². The van der Waals surface area contributed by atoms with Gasteiger partial charge in [0, 0.05) is 23.7 Å². The van der Waals surface area contributed by atoms with Crippen LogP contribution in [0.5, 0.6) is 11.6 Å². The Morgan fingerprint density at radius 3 is 2.39 bits per heavy atom. The first-order valence-electron chi connectivity index (χ1n) is 9.82. The molecule has 0 aliphatic heterocycles. The highest BCUT2D eigenvalue weighted by Crippen LogP contribution is 2.43. The number of ether oxygens (including phenoxy) is 1. The molecule has 0 amide bonds. The summed E-state index contributed by atoms with van der Waals surface area (Å²) in [5.41, 5.74) is 2.26. The van der Waals surface area contributed by atoms with E-state index in [0.29, 0.717) is 17.4 Å². The van der Waals surface area contributed by atoms with Crippen molar-refractivity contribution in [3.05, 3.63) is 78.6 Å². The van der Waals surface area contributed by atoms with E-state index in [1.54, 1.807) is 42.6 Å². The number of sulfonamides is 1. The molecule has 2 aromatic carbocycles. The van der Waals surface area contributed by atoms with Gasteiger partial charge in [0.05, 0.1) is 16.3 Å². The van der Waals surface area contributed by atoms with Crippen LogP contribution < -0.4 is 9.46 Å². The maximum absolute atomic E-state index is 12.8. The molecule has 1 saturated carbocycles. The van der Waals surface area contributed by atoms with Crippen LogP contribution in [0.4, 0.5) is 5.95 Å². The largest absolute Gasteiger partial charge is 0.439 e. The minimum absolute atomic E-state index is 0.0739. The summed E-state index contributed by atoms with van der Waals surface area (Å²) in [5.74, 6) is 1.12. The van der Waals surface area contributed by atoms with Crippen molar-refractivity contribution in [1.29, 1.82) is 0 Å². The average Bonchev–Trinajstić information content (AvgIpc) is 3.50. The fourth-order valence-corrected chi connectivity index (χ4v) is 4.19. The number of aromatic nitrogens is 4. The molecule has 2 heterocycles. The molecule has 0 unspecified atom stereocenters. The van der Waals surface area contributed by atoms with Crippen molar-refractivity contribution in [2.24, 2.45) is 0 Å². The summed E-state index contributed by atoms with van der Waals surface area (Å²) in [6.45, 7) is 0. The van der Waals surface area contributed by atoms with E-state index in [-0.39, 0.29) is 16.7 Å². The monoisotopic (exact) mass is 433 g/mol. The number of benzene rings is 2. The van der Waals surface area contributed by atoms with Crippen LogP contribution >= 0.6 is 0 Å². The van der Waals surface area contributed by atoms with Crippen LogP contribution in [0.15, 0.2) is 77.8 Å². The Labute approximate surface area is 179 Å². The van der Waals surface area contributed by atoms with Crippen molar-refractivity contribution in [3.63, 3.8) is 0 Å². The molecule has 2 aromatic heterocycles. The lowest BCUT2D eigenvalue weighted by atomic mass is 10.1. The van der Waals surface area contributed by atoms with E-state index in [1.165, 1.54) is 12.1 Å². The number of rotatable bonds is 7. The summed E-state index contributed by atoms with van der Waals surface area (Å²) >= 11 is 0. The molecular weight excluding hydrogens is 414 g/mol. The van der Waals surface area contributed by atoms with Gasteiger partial charge in [-0.3, -0.25) is 5.10 Å². The molecule has 0 bridgehead atoms. The summed E-state index contributed by atoms with van der Waals surface area (Å²) in [6.07, 6.45) is 3.91. The summed E-state index contributed by atoms with van der Waals surface area (Å²) < 4.78 is 34.0. The molecule has 0 atom stereocenters. The van der Waals surface area contributed by atoms with Gasteiger partial charge in [0.25, 0.3) is 10.0 Å². The van der Waals surface area contributed by atoms with Crippen molar-refractivity contribution in [3.8, 4) is 22.9 Å². The van der Waals surface area contributed by atoms with Gasteiger partial charge in [0.15, 0.2) is 0 Å². The molecular formula is C22H19N5O3S. The highest BCUT2D eigenvalue weighted by molar-refractivity contribution is 7.92. The van der Waals surface area contributed by atoms with Crippen molar-refractivity contribution in [2.75, 3.05) is 4.72 Å². The molecule has 1 fully saturated rings. The molecule has 4 aromatic rings. The number of nitrogens with one attached hydrogen (secondary N) is 2. The topological polar surface area (TPSA) is 110 Å². The molecule has 0 radical (unpaired) electrons. The number of para-hydroxylation sites is 1. The maximum Gasteiger partial charge on any atom is 0.264 e. The van der Waals surface area contributed by atoms with Gasteiger partial charge in [-0.1, -0.05) is 36.4 Å². The quantitative estimate of drug-likeness (QED) is 0.449. The van der Waals surface area contributed by atoms with Crippen LogP contribution in [-0.4, -0.2) is 28.6 Å². The third-order valence-electron chi connectivity index (χ3n) is 4.86.